The highest BCUT2D eigenvalue weighted by molar-refractivity contribution is 7.90. The highest BCUT2D eigenvalue weighted by Crippen LogP contribution is 2.38. The summed E-state index contributed by atoms with van der Waals surface area (Å²) in [7, 11) is 0. The minimum atomic E-state index is -1.57. The maximum Gasteiger partial charge on any atom is 0.136 e. The summed E-state index contributed by atoms with van der Waals surface area (Å²) in [6.07, 6.45) is 0.526. The Hall–Kier alpha value is -2.76. The van der Waals surface area contributed by atoms with Gasteiger partial charge in [-0.2, -0.15) is 5.26 Å². The first-order valence-corrected chi connectivity index (χ1v) is 13.4. The summed E-state index contributed by atoms with van der Waals surface area (Å²) in [4.78, 5) is 0. The third-order valence-corrected chi connectivity index (χ3v) is 8.16. The van der Waals surface area contributed by atoms with Crippen LogP contribution >= 0.6 is 0 Å². The second kappa shape index (κ2) is 12.2. The fraction of sp³-hybridized carbons (Fsp3) is 0.367. The van der Waals surface area contributed by atoms with Crippen molar-refractivity contribution in [2.75, 3.05) is 6.61 Å². The minimum absolute atomic E-state index is 0.0234. The summed E-state index contributed by atoms with van der Waals surface area (Å²) < 4.78 is 51.0. The summed E-state index contributed by atoms with van der Waals surface area (Å²) in [6, 6.07) is 24.2. The SMILES string of the molecule is CC(C#N)(CC[C@](COCc1ccccc1)(N[S+]([O-])C(C)(C)C)c1ccccc1F)c1ccc(F)cc1. The van der Waals surface area contributed by atoms with Crippen molar-refractivity contribution in [2.45, 2.75) is 62.8 Å². The van der Waals surface area contributed by atoms with Gasteiger partial charge in [0, 0.05) is 16.9 Å². The van der Waals surface area contributed by atoms with Gasteiger partial charge in [-0.3, -0.25) is 0 Å². The van der Waals surface area contributed by atoms with Crippen molar-refractivity contribution in [3.05, 3.63) is 107 Å². The van der Waals surface area contributed by atoms with E-state index in [0.717, 1.165) is 5.56 Å². The van der Waals surface area contributed by atoms with Gasteiger partial charge in [-0.25, -0.2) is 8.78 Å². The van der Waals surface area contributed by atoms with E-state index in [2.05, 4.69) is 10.8 Å². The Morgan fingerprint density at radius 1 is 0.892 bits per heavy atom. The van der Waals surface area contributed by atoms with Crippen molar-refractivity contribution in [3.63, 3.8) is 0 Å². The molecule has 0 aliphatic rings. The van der Waals surface area contributed by atoms with E-state index in [1.54, 1.807) is 37.3 Å². The van der Waals surface area contributed by atoms with Crippen LogP contribution in [-0.2, 0) is 33.7 Å². The molecule has 0 spiro atoms. The highest BCUT2D eigenvalue weighted by atomic mass is 32.2. The van der Waals surface area contributed by atoms with Crippen molar-refractivity contribution in [2.24, 2.45) is 0 Å². The average molecular weight is 525 g/mol. The van der Waals surface area contributed by atoms with Gasteiger partial charge in [0.2, 0.25) is 0 Å². The number of rotatable bonds is 11. The molecule has 3 aromatic rings. The lowest BCUT2D eigenvalue weighted by Crippen LogP contribution is -2.54. The van der Waals surface area contributed by atoms with E-state index in [4.69, 9.17) is 4.74 Å². The molecule has 3 atom stereocenters. The Morgan fingerprint density at radius 2 is 1.51 bits per heavy atom. The smallest absolute Gasteiger partial charge is 0.136 e. The lowest BCUT2D eigenvalue weighted by molar-refractivity contribution is 0.0569. The van der Waals surface area contributed by atoms with Crippen LogP contribution in [0.4, 0.5) is 8.78 Å². The topological polar surface area (TPSA) is 68.1 Å². The number of nitrogens with zero attached hydrogens (tertiary/aromatic N) is 1. The first kappa shape index (κ1) is 28.8. The van der Waals surface area contributed by atoms with Crippen molar-refractivity contribution in [3.8, 4) is 6.07 Å². The van der Waals surface area contributed by atoms with Crippen molar-refractivity contribution in [1.82, 2.24) is 4.72 Å². The summed E-state index contributed by atoms with van der Waals surface area (Å²) in [5.41, 5.74) is -0.263. The summed E-state index contributed by atoms with van der Waals surface area (Å²) in [6.45, 7) is 7.60. The third kappa shape index (κ3) is 7.39. The summed E-state index contributed by atoms with van der Waals surface area (Å²) in [5.74, 6) is -0.842. The zero-order valence-corrected chi connectivity index (χ0v) is 22.6. The Balaban J connectivity index is 2.01. The molecule has 0 radical (unpaired) electrons. The molecule has 2 unspecified atom stereocenters. The molecule has 0 aliphatic heterocycles. The number of halogens is 2. The Labute approximate surface area is 222 Å². The molecule has 3 rings (SSSR count). The van der Waals surface area contributed by atoms with Gasteiger partial charge in [0.05, 0.1) is 24.7 Å². The lowest BCUT2D eigenvalue weighted by atomic mass is 9.75. The minimum Gasteiger partial charge on any atom is -0.598 e. The number of nitriles is 1. The van der Waals surface area contributed by atoms with Gasteiger partial charge < -0.3 is 9.29 Å². The van der Waals surface area contributed by atoms with Gasteiger partial charge in [0.15, 0.2) is 0 Å². The molecule has 0 aromatic heterocycles. The zero-order chi connectivity index (χ0) is 27.1. The Kier molecular flexibility index (Phi) is 9.49. The van der Waals surface area contributed by atoms with Crippen LogP contribution < -0.4 is 4.72 Å². The second-order valence-electron chi connectivity index (χ2n) is 10.5. The maximum atomic E-state index is 15.3. The monoisotopic (exact) mass is 524 g/mol. The van der Waals surface area contributed by atoms with Gasteiger partial charge in [-0.1, -0.05) is 60.7 Å². The third-order valence-electron chi connectivity index (χ3n) is 6.47. The molecular formula is C30H34F2N2O2S. The Bertz CT molecular complexity index is 1190. The van der Waals surface area contributed by atoms with Crippen molar-refractivity contribution < 1.29 is 18.1 Å². The van der Waals surface area contributed by atoms with Crippen LogP contribution in [0.2, 0.25) is 0 Å². The molecule has 3 aromatic carbocycles. The summed E-state index contributed by atoms with van der Waals surface area (Å²) in [5, 5.41) is 10.1. The quantitative estimate of drug-likeness (QED) is 0.284. The van der Waals surface area contributed by atoms with Crippen molar-refractivity contribution >= 4 is 11.4 Å². The van der Waals surface area contributed by atoms with Crippen molar-refractivity contribution in [1.29, 1.82) is 5.26 Å². The molecule has 0 bridgehead atoms. The first-order chi connectivity index (χ1) is 17.5. The van der Waals surface area contributed by atoms with Crippen LogP contribution in [-0.4, -0.2) is 15.9 Å². The molecule has 4 nitrogen and oxygen atoms in total. The molecule has 1 N–H and O–H groups in total. The predicted octanol–water partition coefficient (Wildman–Crippen LogP) is 6.69. The number of hydrogen-bond acceptors (Lipinski definition) is 4. The van der Waals surface area contributed by atoms with E-state index in [1.807, 2.05) is 51.1 Å². The zero-order valence-electron chi connectivity index (χ0n) is 21.8. The van der Waals surface area contributed by atoms with Gasteiger partial charge >= 0.3 is 0 Å². The molecule has 0 amide bonds. The molecule has 7 heteroatoms. The standard InChI is InChI=1S/C30H34F2N2O2S/c1-28(2,3)37(35)34-30(26-12-8-9-13-27(26)32,22-36-20-23-10-6-5-7-11-23)19-18-29(4,21-33)24-14-16-25(31)17-15-24/h5-17,34H,18-20,22H2,1-4H3/t29?,30-,37?/m1/s1. The molecule has 0 saturated carbocycles. The van der Waals surface area contributed by atoms with Crippen LogP contribution in [0, 0.1) is 23.0 Å². The van der Waals surface area contributed by atoms with Crippen LogP contribution in [0.3, 0.4) is 0 Å². The Morgan fingerprint density at radius 3 is 2.11 bits per heavy atom. The fourth-order valence-electron chi connectivity index (χ4n) is 4.06. The second-order valence-corrected chi connectivity index (χ2v) is 12.4. The van der Waals surface area contributed by atoms with E-state index in [0.29, 0.717) is 11.1 Å². The highest BCUT2D eigenvalue weighted by Gasteiger charge is 2.44. The fourth-order valence-corrected chi connectivity index (χ4v) is 5.00. The van der Waals surface area contributed by atoms with Crippen LogP contribution in [0.25, 0.3) is 0 Å². The molecule has 37 heavy (non-hydrogen) atoms. The van der Waals surface area contributed by atoms with Gasteiger partial charge in [-0.05, 0) is 69.9 Å². The van der Waals surface area contributed by atoms with Crippen LogP contribution in [0.5, 0.6) is 0 Å². The van der Waals surface area contributed by atoms with E-state index >= 15 is 4.39 Å². The first-order valence-electron chi connectivity index (χ1n) is 12.2. The van der Waals surface area contributed by atoms with E-state index in [-0.39, 0.29) is 31.9 Å². The van der Waals surface area contributed by atoms with Gasteiger partial charge in [0.25, 0.3) is 0 Å². The molecule has 0 aliphatic carbocycles. The molecule has 0 fully saturated rings. The van der Waals surface area contributed by atoms with Gasteiger partial charge in [0.1, 0.15) is 21.9 Å². The maximum absolute atomic E-state index is 15.3. The predicted molar refractivity (Wildman–Crippen MR) is 144 cm³/mol. The van der Waals surface area contributed by atoms with E-state index in [1.165, 1.54) is 18.2 Å². The number of hydrogen-bond donors (Lipinski definition) is 1. The largest absolute Gasteiger partial charge is 0.598 e. The number of ether oxygens (including phenoxy) is 1. The van der Waals surface area contributed by atoms with E-state index in [9.17, 15) is 14.2 Å². The molecule has 0 heterocycles. The molecule has 196 valence electrons. The number of benzene rings is 3. The molecule has 0 saturated heterocycles. The summed E-state index contributed by atoms with van der Waals surface area (Å²) >= 11 is -1.57. The van der Waals surface area contributed by atoms with Gasteiger partial charge in [-0.15, -0.1) is 4.72 Å². The lowest BCUT2D eigenvalue weighted by Gasteiger charge is -2.39. The molecular weight excluding hydrogens is 490 g/mol. The average Bonchev–Trinajstić information content (AvgIpc) is 2.87. The van der Waals surface area contributed by atoms with Crippen LogP contribution in [0.15, 0.2) is 78.9 Å². The van der Waals surface area contributed by atoms with Crippen LogP contribution in [0.1, 0.15) is 57.2 Å². The van der Waals surface area contributed by atoms with E-state index < -0.39 is 32.9 Å². The number of nitrogens with one attached hydrogen (secondary N) is 1. The normalized spacial score (nSPS) is 15.8.